The number of hydrogen-bond donors (Lipinski definition) is 2. The molecule has 1 aliphatic heterocycles. The molecule has 8 nitrogen and oxygen atoms in total. The Morgan fingerprint density at radius 1 is 1.11 bits per heavy atom. The van der Waals surface area contributed by atoms with Gasteiger partial charge in [0.05, 0.1) is 17.2 Å². The second-order valence-electron chi connectivity index (χ2n) is 8.60. The Balaban J connectivity index is 1.54. The number of urea groups is 1. The second-order valence-corrected chi connectivity index (χ2v) is 8.60. The largest absolute Gasteiger partial charge is 0.573 e. The first kappa shape index (κ1) is 25.1. The van der Waals surface area contributed by atoms with Crippen molar-refractivity contribution < 1.29 is 32.3 Å². The van der Waals surface area contributed by atoms with Gasteiger partial charge in [-0.2, -0.15) is 0 Å². The van der Waals surface area contributed by atoms with Gasteiger partial charge < -0.3 is 20.7 Å². The first-order valence-electron chi connectivity index (χ1n) is 11.4. The quantitative estimate of drug-likeness (QED) is 0.492. The summed E-state index contributed by atoms with van der Waals surface area (Å²) in [6.07, 6.45) is -1.89. The van der Waals surface area contributed by atoms with Gasteiger partial charge in [0, 0.05) is 24.0 Å². The van der Waals surface area contributed by atoms with E-state index in [-0.39, 0.29) is 18.2 Å². The summed E-state index contributed by atoms with van der Waals surface area (Å²) in [4.78, 5) is 39.9. The number of para-hydroxylation sites is 1. The highest BCUT2D eigenvalue weighted by molar-refractivity contribution is 6.05. The first-order chi connectivity index (χ1) is 17.1. The van der Waals surface area contributed by atoms with Gasteiger partial charge in [-0.3, -0.25) is 9.36 Å². The molecule has 2 aromatic carbocycles. The highest BCUT2D eigenvalue weighted by Crippen LogP contribution is 2.31. The Labute approximate surface area is 204 Å². The van der Waals surface area contributed by atoms with Crippen molar-refractivity contribution in [1.82, 2.24) is 9.47 Å². The summed E-state index contributed by atoms with van der Waals surface area (Å²) in [7, 11) is 0. The van der Waals surface area contributed by atoms with Crippen LogP contribution < -0.4 is 15.8 Å². The van der Waals surface area contributed by atoms with Crippen molar-refractivity contribution in [3.8, 4) is 5.75 Å². The minimum atomic E-state index is -4.84. The number of rotatable bonds is 6. The fraction of sp³-hybridized carbons (Fsp3) is 0.320. The smallest absolute Gasteiger partial charge is 0.406 e. The monoisotopic (exact) mass is 502 g/mol. The number of alkyl halides is 3. The number of ether oxygens (including phenoxy) is 1. The van der Waals surface area contributed by atoms with Gasteiger partial charge >= 0.3 is 18.4 Å². The maximum atomic E-state index is 13.4. The number of amides is 3. The summed E-state index contributed by atoms with van der Waals surface area (Å²) < 4.78 is 42.8. The van der Waals surface area contributed by atoms with Crippen molar-refractivity contribution in [1.29, 1.82) is 0 Å². The van der Waals surface area contributed by atoms with Crippen LogP contribution in [0.2, 0.25) is 0 Å². The van der Waals surface area contributed by atoms with Crippen LogP contribution in [-0.4, -0.2) is 45.8 Å². The number of aromatic nitrogens is 1. The number of hydrogen-bond acceptors (Lipinski definition) is 4. The van der Waals surface area contributed by atoms with E-state index in [1.807, 2.05) is 6.92 Å². The molecule has 11 heteroatoms. The second kappa shape index (κ2) is 9.92. The predicted molar refractivity (Wildman–Crippen MR) is 127 cm³/mol. The molecule has 0 spiro atoms. The van der Waals surface area contributed by atoms with Crippen LogP contribution in [0, 0.1) is 0 Å². The molecule has 0 bridgehead atoms. The SMILES string of the molecule is CC[C@@H]1CC[C@@H](C(=O)Cc2cccc(OC(F)(F)F)c2)N1C(=O)Nc1cn(C(N)=O)c2ccccc12. The molecule has 1 fully saturated rings. The third kappa shape index (κ3) is 5.29. The fourth-order valence-electron chi connectivity index (χ4n) is 4.72. The minimum absolute atomic E-state index is 0.152. The van der Waals surface area contributed by atoms with Crippen LogP contribution in [-0.2, 0) is 11.2 Å². The molecule has 4 rings (SSSR count). The number of carbonyl (C=O) groups excluding carboxylic acids is 3. The number of nitrogens with one attached hydrogen (secondary N) is 1. The molecule has 2 heterocycles. The van der Waals surface area contributed by atoms with Crippen LogP contribution in [0.1, 0.15) is 31.7 Å². The van der Waals surface area contributed by atoms with Gasteiger partial charge in [0.25, 0.3) is 0 Å². The van der Waals surface area contributed by atoms with E-state index in [0.29, 0.717) is 41.4 Å². The number of likely N-dealkylation sites (tertiary alicyclic amines) is 1. The summed E-state index contributed by atoms with van der Waals surface area (Å²) in [5.41, 5.74) is 6.71. The molecular formula is C25H25F3N4O4. The van der Waals surface area contributed by atoms with Gasteiger partial charge in [0.2, 0.25) is 0 Å². The molecule has 3 aromatic rings. The molecule has 0 unspecified atom stereocenters. The lowest BCUT2D eigenvalue weighted by Crippen LogP contribution is -2.47. The number of primary amides is 1. The molecular weight excluding hydrogens is 477 g/mol. The molecule has 0 radical (unpaired) electrons. The van der Waals surface area contributed by atoms with Gasteiger partial charge in [-0.05, 0) is 43.0 Å². The predicted octanol–water partition coefficient (Wildman–Crippen LogP) is 5.05. The van der Waals surface area contributed by atoms with Gasteiger partial charge in [0.15, 0.2) is 5.78 Å². The number of nitrogens with zero attached hydrogens (tertiary/aromatic N) is 2. The van der Waals surface area contributed by atoms with Crippen LogP contribution in [0.15, 0.2) is 54.7 Å². The lowest BCUT2D eigenvalue weighted by Gasteiger charge is -2.29. The fourth-order valence-corrected chi connectivity index (χ4v) is 4.72. The Morgan fingerprint density at radius 2 is 1.86 bits per heavy atom. The minimum Gasteiger partial charge on any atom is -0.406 e. The summed E-state index contributed by atoms with van der Waals surface area (Å²) in [5, 5.41) is 3.42. The van der Waals surface area contributed by atoms with E-state index in [4.69, 9.17) is 5.73 Å². The molecule has 1 aromatic heterocycles. The van der Waals surface area contributed by atoms with Crippen LogP contribution in [0.4, 0.5) is 28.4 Å². The number of anilines is 1. The van der Waals surface area contributed by atoms with Crippen LogP contribution in [0.25, 0.3) is 10.9 Å². The van der Waals surface area contributed by atoms with Crippen LogP contribution >= 0.6 is 0 Å². The summed E-state index contributed by atoms with van der Waals surface area (Å²) in [6.45, 7) is 1.91. The third-order valence-electron chi connectivity index (χ3n) is 6.28. The van der Waals surface area contributed by atoms with E-state index in [0.717, 1.165) is 6.07 Å². The number of benzene rings is 2. The summed E-state index contributed by atoms with van der Waals surface area (Å²) in [5.74, 6) is -0.698. The molecule has 36 heavy (non-hydrogen) atoms. The van der Waals surface area contributed by atoms with E-state index in [1.165, 1.54) is 33.9 Å². The molecule has 3 N–H and O–H groups in total. The highest BCUT2D eigenvalue weighted by Gasteiger charge is 2.40. The maximum absolute atomic E-state index is 13.4. The Hall–Kier alpha value is -4.02. The van der Waals surface area contributed by atoms with E-state index in [2.05, 4.69) is 10.1 Å². The molecule has 0 aliphatic carbocycles. The zero-order valence-corrected chi connectivity index (χ0v) is 19.4. The van der Waals surface area contributed by atoms with E-state index < -0.39 is 30.2 Å². The number of fused-ring (bicyclic) bond motifs is 1. The summed E-state index contributed by atoms with van der Waals surface area (Å²) >= 11 is 0. The lowest BCUT2D eigenvalue weighted by molar-refractivity contribution is -0.274. The molecule has 2 atom stereocenters. The zero-order chi connectivity index (χ0) is 26.0. The number of ketones is 1. The molecule has 1 saturated heterocycles. The van der Waals surface area contributed by atoms with Crippen molar-refractivity contribution in [2.24, 2.45) is 5.73 Å². The van der Waals surface area contributed by atoms with E-state index >= 15 is 0 Å². The van der Waals surface area contributed by atoms with Crippen molar-refractivity contribution >= 4 is 34.4 Å². The number of carbonyl (C=O) groups is 3. The van der Waals surface area contributed by atoms with Crippen molar-refractivity contribution in [3.05, 3.63) is 60.3 Å². The van der Waals surface area contributed by atoms with Crippen LogP contribution in [0.3, 0.4) is 0 Å². The summed E-state index contributed by atoms with van der Waals surface area (Å²) in [6, 6.07) is 10.0. The van der Waals surface area contributed by atoms with Crippen molar-refractivity contribution in [2.45, 2.75) is 51.1 Å². The van der Waals surface area contributed by atoms with E-state index in [9.17, 15) is 27.6 Å². The van der Waals surface area contributed by atoms with Gasteiger partial charge in [-0.15, -0.1) is 13.2 Å². The van der Waals surface area contributed by atoms with Crippen molar-refractivity contribution in [3.63, 3.8) is 0 Å². The topological polar surface area (TPSA) is 107 Å². The maximum Gasteiger partial charge on any atom is 0.573 e. The average molecular weight is 502 g/mol. The number of nitrogens with two attached hydrogens (primary N) is 1. The Bertz CT molecular complexity index is 1300. The number of halogens is 3. The van der Waals surface area contributed by atoms with Gasteiger partial charge in [-0.25, -0.2) is 9.59 Å². The number of Topliss-reactive ketones (excluding diaryl/α,β-unsaturated/α-hetero) is 1. The Kier molecular flexibility index (Phi) is 6.91. The highest BCUT2D eigenvalue weighted by atomic mass is 19.4. The standard InChI is InChI=1S/C25H25F3N4O4/c1-2-16-10-11-21(22(33)13-15-6-5-7-17(12-15)36-25(26,27)28)32(16)24(35)30-19-14-31(23(29)34)20-9-4-3-8-18(19)20/h3-9,12,14,16,21H,2,10-11,13H2,1H3,(H2,29,34)(H,30,35)/t16-,21+/m1/s1. The van der Waals surface area contributed by atoms with Gasteiger partial charge in [0.1, 0.15) is 5.75 Å². The molecule has 190 valence electrons. The lowest BCUT2D eigenvalue weighted by atomic mass is 10.0. The van der Waals surface area contributed by atoms with Crippen molar-refractivity contribution in [2.75, 3.05) is 5.32 Å². The molecule has 1 aliphatic rings. The first-order valence-corrected chi connectivity index (χ1v) is 11.4. The Morgan fingerprint density at radius 3 is 2.56 bits per heavy atom. The van der Waals surface area contributed by atoms with Gasteiger partial charge in [-0.1, -0.05) is 37.3 Å². The van der Waals surface area contributed by atoms with Crippen LogP contribution in [0.5, 0.6) is 5.75 Å². The normalized spacial score (nSPS) is 17.8. The molecule has 0 saturated carbocycles. The van der Waals surface area contributed by atoms with E-state index in [1.54, 1.807) is 24.3 Å². The zero-order valence-electron chi connectivity index (χ0n) is 19.4. The average Bonchev–Trinajstić information content (AvgIpc) is 3.40. The molecule has 3 amide bonds. The third-order valence-corrected chi connectivity index (χ3v) is 6.28.